The second-order valence-electron chi connectivity index (χ2n) is 7.31. The Morgan fingerprint density at radius 2 is 1.90 bits per heavy atom. The Morgan fingerprint density at radius 1 is 1.16 bits per heavy atom. The zero-order valence-electron chi connectivity index (χ0n) is 17.8. The molecule has 0 fully saturated rings. The van der Waals surface area contributed by atoms with E-state index >= 15 is 0 Å². The molecular formula is C23H25FN2O5. The van der Waals surface area contributed by atoms with E-state index in [-0.39, 0.29) is 18.5 Å². The standard InChI is InChI=1S/C23H25FN2O5/c1-13(2)31-22(27)20-14(3)25-23(28)26-21(20)15-9-10-18(19(11-15)29-4)30-12-16-7-5-6-8-17(16)24/h5-11,13,21H,12H2,1-4H3,(H2,25,26,28). The number of amides is 2. The lowest BCUT2D eigenvalue weighted by Crippen LogP contribution is -2.45. The zero-order chi connectivity index (χ0) is 22.5. The zero-order valence-corrected chi connectivity index (χ0v) is 17.8. The maximum absolute atomic E-state index is 13.9. The van der Waals surface area contributed by atoms with E-state index in [1.807, 2.05) is 0 Å². The number of ether oxygens (including phenoxy) is 3. The van der Waals surface area contributed by atoms with E-state index in [0.29, 0.717) is 33.9 Å². The van der Waals surface area contributed by atoms with Gasteiger partial charge in [-0.25, -0.2) is 14.0 Å². The molecule has 0 aromatic heterocycles. The molecule has 0 radical (unpaired) electrons. The van der Waals surface area contributed by atoms with Crippen molar-refractivity contribution in [1.82, 2.24) is 10.6 Å². The molecule has 0 spiro atoms. The highest BCUT2D eigenvalue weighted by Crippen LogP contribution is 2.35. The summed E-state index contributed by atoms with van der Waals surface area (Å²) in [5, 5.41) is 5.35. The molecule has 3 rings (SSSR count). The molecule has 1 unspecified atom stereocenters. The SMILES string of the molecule is COc1cc(C2NC(=O)NC(C)=C2C(=O)OC(C)C)ccc1OCc1ccccc1F. The van der Waals surface area contributed by atoms with Gasteiger partial charge in [-0.3, -0.25) is 0 Å². The summed E-state index contributed by atoms with van der Waals surface area (Å²) >= 11 is 0. The molecular weight excluding hydrogens is 403 g/mol. The minimum absolute atomic E-state index is 0.0252. The van der Waals surface area contributed by atoms with Crippen molar-refractivity contribution in [3.63, 3.8) is 0 Å². The van der Waals surface area contributed by atoms with Gasteiger partial charge < -0.3 is 24.8 Å². The molecule has 1 atom stereocenters. The molecule has 7 nitrogen and oxygen atoms in total. The van der Waals surface area contributed by atoms with Crippen molar-refractivity contribution < 1.29 is 28.2 Å². The third kappa shape index (κ3) is 5.14. The third-order valence-corrected chi connectivity index (χ3v) is 4.69. The number of benzene rings is 2. The van der Waals surface area contributed by atoms with Crippen molar-refractivity contribution in [3.8, 4) is 11.5 Å². The Labute approximate surface area is 180 Å². The molecule has 0 saturated carbocycles. The van der Waals surface area contributed by atoms with Gasteiger partial charge in [0.1, 0.15) is 12.4 Å². The second-order valence-corrected chi connectivity index (χ2v) is 7.31. The van der Waals surface area contributed by atoms with Crippen LogP contribution in [0.5, 0.6) is 11.5 Å². The number of rotatable bonds is 7. The molecule has 1 aliphatic heterocycles. The molecule has 2 N–H and O–H groups in total. The molecule has 31 heavy (non-hydrogen) atoms. The van der Waals surface area contributed by atoms with Crippen molar-refractivity contribution in [3.05, 3.63) is 70.7 Å². The van der Waals surface area contributed by atoms with Crippen LogP contribution < -0.4 is 20.1 Å². The Balaban J connectivity index is 1.89. The van der Waals surface area contributed by atoms with Gasteiger partial charge in [0.05, 0.1) is 24.8 Å². The molecule has 164 valence electrons. The van der Waals surface area contributed by atoms with Crippen molar-refractivity contribution in [2.24, 2.45) is 0 Å². The van der Waals surface area contributed by atoms with Crippen LogP contribution in [0.3, 0.4) is 0 Å². The Morgan fingerprint density at radius 3 is 2.58 bits per heavy atom. The highest BCUT2D eigenvalue weighted by molar-refractivity contribution is 5.95. The summed E-state index contributed by atoms with van der Waals surface area (Å²) in [4.78, 5) is 24.7. The van der Waals surface area contributed by atoms with Gasteiger partial charge in [-0.15, -0.1) is 0 Å². The first-order valence-electron chi connectivity index (χ1n) is 9.83. The molecule has 1 aliphatic rings. The summed E-state index contributed by atoms with van der Waals surface area (Å²) in [6.07, 6.45) is -0.310. The molecule has 2 aromatic carbocycles. The van der Waals surface area contributed by atoms with E-state index in [1.54, 1.807) is 57.2 Å². The van der Waals surface area contributed by atoms with Gasteiger partial charge in [0, 0.05) is 11.3 Å². The van der Waals surface area contributed by atoms with Gasteiger partial charge in [0.15, 0.2) is 11.5 Å². The van der Waals surface area contributed by atoms with Gasteiger partial charge in [0.2, 0.25) is 0 Å². The van der Waals surface area contributed by atoms with E-state index in [0.717, 1.165) is 0 Å². The number of urea groups is 1. The number of carbonyl (C=O) groups is 2. The minimum atomic E-state index is -0.727. The maximum Gasteiger partial charge on any atom is 0.338 e. The highest BCUT2D eigenvalue weighted by Gasteiger charge is 2.33. The van der Waals surface area contributed by atoms with Crippen LogP contribution in [0, 0.1) is 5.82 Å². The average molecular weight is 428 g/mol. The molecule has 2 amide bonds. The topological polar surface area (TPSA) is 85.9 Å². The Kier molecular flexibility index (Phi) is 6.79. The van der Waals surface area contributed by atoms with Gasteiger partial charge in [-0.1, -0.05) is 24.3 Å². The van der Waals surface area contributed by atoms with E-state index < -0.39 is 18.0 Å². The fourth-order valence-electron chi connectivity index (χ4n) is 3.25. The smallest absolute Gasteiger partial charge is 0.338 e. The maximum atomic E-state index is 13.9. The van der Waals surface area contributed by atoms with E-state index in [4.69, 9.17) is 14.2 Å². The fourth-order valence-corrected chi connectivity index (χ4v) is 3.25. The number of methoxy groups -OCH3 is 1. The third-order valence-electron chi connectivity index (χ3n) is 4.69. The summed E-state index contributed by atoms with van der Waals surface area (Å²) in [6.45, 7) is 5.17. The summed E-state index contributed by atoms with van der Waals surface area (Å²) in [6, 6.07) is 10.2. The fraction of sp³-hybridized carbons (Fsp3) is 0.304. The van der Waals surface area contributed by atoms with E-state index in [1.165, 1.54) is 13.2 Å². The van der Waals surface area contributed by atoms with Crippen LogP contribution >= 0.6 is 0 Å². The van der Waals surface area contributed by atoms with Crippen LogP contribution in [0.2, 0.25) is 0 Å². The Hall–Kier alpha value is -3.55. The number of carbonyl (C=O) groups excluding carboxylic acids is 2. The van der Waals surface area contributed by atoms with Crippen molar-refractivity contribution in [1.29, 1.82) is 0 Å². The first-order chi connectivity index (χ1) is 14.8. The van der Waals surface area contributed by atoms with Crippen LogP contribution in [0.15, 0.2) is 53.7 Å². The van der Waals surface area contributed by atoms with Gasteiger partial charge in [0.25, 0.3) is 0 Å². The number of esters is 1. The quantitative estimate of drug-likeness (QED) is 0.652. The van der Waals surface area contributed by atoms with Crippen molar-refractivity contribution in [2.75, 3.05) is 7.11 Å². The van der Waals surface area contributed by atoms with Crippen molar-refractivity contribution in [2.45, 2.75) is 39.5 Å². The van der Waals surface area contributed by atoms with Crippen LogP contribution in [-0.2, 0) is 16.1 Å². The lowest BCUT2D eigenvalue weighted by molar-refractivity contribution is -0.143. The average Bonchev–Trinajstić information content (AvgIpc) is 2.71. The number of hydrogen-bond acceptors (Lipinski definition) is 5. The predicted octanol–water partition coefficient (Wildman–Crippen LogP) is 3.99. The molecule has 0 saturated heterocycles. The van der Waals surface area contributed by atoms with Crippen LogP contribution in [0.25, 0.3) is 0 Å². The second kappa shape index (κ2) is 9.51. The molecule has 1 heterocycles. The molecule has 8 heteroatoms. The predicted molar refractivity (Wildman–Crippen MR) is 112 cm³/mol. The molecule has 0 bridgehead atoms. The largest absolute Gasteiger partial charge is 0.493 e. The first kappa shape index (κ1) is 22.1. The van der Waals surface area contributed by atoms with Crippen molar-refractivity contribution >= 4 is 12.0 Å². The molecule has 2 aromatic rings. The molecule has 0 aliphatic carbocycles. The number of hydrogen-bond donors (Lipinski definition) is 2. The summed E-state index contributed by atoms with van der Waals surface area (Å²) in [7, 11) is 1.48. The highest BCUT2D eigenvalue weighted by atomic mass is 19.1. The van der Waals surface area contributed by atoms with Crippen LogP contribution in [0.1, 0.15) is 37.9 Å². The number of halogens is 1. The number of nitrogens with one attached hydrogen (secondary N) is 2. The first-order valence-corrected chi connectivity index (χ1v) is 9.83. The monoisotopic (exact) mass is 428 g/mol. The van der Waals surface area contributed by atoms with E-state index in [2.05, 4.69) is 10.6 Å². The minimum Gasteiger partial charge on any atom is -0.493 e. The van der Waals surface area contributed by atoms with E-state index in [9.17, 15) is 14.0 Å². The van der Waals surface area contributed by atoms with Gasteiger partial charge in [-0.05, 0) is 44.5 Å². The Bertz CT molecular complexity index is 1020. The summed E-state index contributed by atoms with van der Waals surface area (Å²) in [5.74, 6) is -0.0918. The normalized spacial score (nSPS) is 15.9. The van der Waals surface area contributed by atoms with Gasteiger partial charge in [-0.2, -0.15) is 0 Å². The summed E-state index contributed by atoms with van der Waals surface area (Å²) < 4.78 is 30.4. The number of allylic oxidation sites excluding steroid dienone is 1. The summed E-state index contributed by atoms with van der Waals surface area (Å²) in [5.41, 5.74) is 1.74. The van der Waals surface area contributed by atoms with Gasteiger partial charge >= 0.3 is 12.0 Å². The van der Waals surface area contributed by atoms with Crippen LogP contribution in [0.4, 0.5) is 9.18 Å². The lowest BCUT2D eigenvalue weighted by atomic mass is 9.95. The van der Waals surface area contributed by atoms with Crippen LogP contribution in [-0.4, -0.2) is 25.2 Å². The lowest BCUT2D eigenvalue weighted by Gasteiger charge is -2.29.